The zero-order valence-corrected chi connectivity index (χ0v) is 15.1. The van der Waals surface area contributed by atoms with Crippen molar-refractivity contribution in [1.29, 1.82) is 0 Å². The average Bonchev–Trinajstić information content (AvgIpc) is 2.76. The molecule has 1 heterocycles. The van der Waals surface area contributed by atoms with Crippen molar-refractivity contribution in [3.05, 3.63) is 0 Å². The van der Waals surface area contributed by atoms with Crippen molar-refractivity contribution < 1.29 is 21.6 Å². The number of sulfonamides is 1. The standard InChI is InChI=1S/C13H26N2O5S2/c1-4-5-6-8-15(21(3,17)18)10-13(16)14(2)12-7-9-22(19,20)11-12/h12H,4-11H2,1-3H3. The predicted octanol–water partition coefficient (Wildman–Crippen LogP) is 0.0837. The van der Waals surface area contributed by atoms with Gasteiger partial charge in [0.05, 0.1) is 24.3 Å². The van der Waals surface area contributed by atoms with E-state index in [-0.39, 0.29) is 30.0 Å². The average molecular weight is 354 g/mol. The Morgan fingerprint density at radius 1 is 1.27 bits per heavy atom. The third kappa shape index (κ3) is 5.85. The molecule has 0 aromatic heterocycles. The molecule has 0 N–H and O–H groups in total. The summed E-state index contributed by atoms with van der Waals surface area (Å²) in [6, 6.07) is -0.352. The van der Waals surface area contributed by atoms with E-state index in [1.807, 2.05) is 6.92 Å². The lowest BCUT2D eigenvalue weighted by Gasteiger charge is -2.27. The van der Waals surface area contributed by atoms with E-state index < -0.39 is 19.9 Å². The Morgan fingerprint density at radius 2 is 1.91 bits per heavy atom. The molecule has 1 aliphatic heterocycles. The first-order valence-corrected chi connectivity index (χ1v) is 11.1. The molecule has 0 aromatic rings. The molecule has 22 heavy (non-hydrogen) atoms. The zero-order chi connectivity index (χ0) is 17.0. The first-order chi connectivity index (χ1) is 10.1. The molecular formula is C13H26N2O5S2. The number of hydrogen-bond donors (Lipinski definition) is 0. The highest BCUT2D eigenvalue weighted by atomic mass is 32.2. The van der Waals surface area contributed by atoms with Gasteiger partial charge in [-0.2, -0.15) is 4.31 Å². The fraction of sp³-hybridized carbons (Fsp3) is 0.923. The van der Waals surface area contributed by atoms with Crippen LogP contribution in [0.5, 0.6) is 0 Å². The smallest absolute Gasteiger partial charge is 0.237 e. The minimum Gasteiger partial charge on any atom is -0.341 e. The van der Waals surface area contributed by atoms with Crippen molar-refractivity contribution >= 4 is 25.8 Å². The summed E-state index contributed by atoms with van der Waals surface area (Å²) < 4.78 is 47.7. The normalized spacial score (nSPS) is 21.2. The molecule has 0 radical (unpaired) electrons. The fourth-order valence-electron chi connectivity index (χ4n) is 2.45. The van der Waals surface area contributed by atoms with E-state index >= 15 is 0 Å². The van der Waals surface area contributed by atoms with Crippen molar-refractivity contribution in [1.82, 2.24) is 9.21 Å². The van der Waals surface area contributed by atoms with Gasteiger partial charge in [0.15, 0.2) is 9.84 Å². The van der Waals surface area contributed by atoms with Crippen LogP contribution in [0.4, 0.5) is 0 Å². The van der Waals surface area contributed by atoms with E-state index in [1.165, 1.54) is 9.21 Å². The van der Waals surface area contributed by atoms with Gasteiger partial charge in [-0.1, -0.05) is 19.8 Å². The molecule has 9 heteroatoms. The summed E-state index contributed by atoms with van der Waals surface area (Å²) in [5.41, 5.74) is 0. The van der Waals surface area contributed by atoms with E-state index in [4.69, 9.17) is 0 Å². The molecule has 0 aliphatic carbocycles. The summed E-state index contributed by atoms with van der Waals surface area (Å²) in [7, 11) is -4.98. The molecule has 7 nitrogen and oxygen atoms in total. The first-order valence-electron chi connectivity index (χ1n) is 7.48. The molecule has 1 saturated heterocycles. The van der Waals surface area contributed by atoms with Crippen LogP contribution in [-0.4, -0.2) is 75.9 Å². The van der Waals surface area contributed by atoms with Gasteiger partial charge in [0, 0.05) is 19.6 Å². The first kappa shape index (κ1) is 19.4. The van der Waals surface area contributed by atoms with Crippen molar-refractivity contribution in [2.45, 2.75) is 38.6 Å². The predicted molar refractivity (Wildman–Crippen MR) is 85.8 cm³/mol. The second kappa shape index (κ2) is 7.74. The third-order valence-corrected chi connectivity index (χ3v) is 6.94. The van der Waals surface area contributed by atoms with Crippen molar-refractivity contribution in [2.75, 3.05) is 37.9 Å². The van der Waals surface area contributed by atoms with Crippen LogP contribution in [-0.2, 0) is 24.7 Å². The molecule has 0 spiro atoms. The van der Waals surface area contributed by atoms with E-state index in [1.54, 1.807) is 7.05 Å². The lowest BCUT2D eigenvalue weighted by atomic mass is 10.2. The summed E-state index contributed by atoms with van der Waals surface area (Å²) >= 11 is 0. The number of rotatable bonds is 8. The highest BCUT2D eigenvalue weighted by Crippen LogP contribution is 2.17. The number of likely N-dealkylation sites (N-methyl/N-ethyl adjacent to an activating group) is 1. The molecule has 1 atom stereocenters. The largest absolute Gasteiger partial charge is 0.341 e. The van der Waals surface area contributed by atoms with Crippen molar-refractivity contribution in [2.24, 2.45) is 0 Å². The van der Waals surface area contributed by atoms with Gasteiger partial charge < -0.3 is 4.90 Å². The molecule has 130 valence electrons. The van der Waals surface area contributed by atoms with Gasteiger partial charge in [0.1, 0.15) is 0 Å². The molecule has 1 unspecified atom stereocenters. The van der Waals surface area contributed by atoms with E-state index in [0.717, 1.165) is 19.1 Å². The molecule has 1 rings (SSSR count). The summed E-state index contributed by atoms with van der Waals surface area (Å²) in [6.07, 6.45) is 4.08. The zero-order valence-electron chi connectivity index (χ0n) is 13.5. The molecule has 1 amide bonds. The van der Waals surface area contributed by atoms with E-state index in [9.17, 15) is 21.6 Å². The van der Waals surface area contributed by atoms with Crippen LogP contribution in [0.3, 0.4) is 0 Å². The number of amides is 1. The quantitative estimate of drug-likeness (QED) is 0.576. The number of hydrogen-bond acceptors (Lipinski definition) is 5. The van der Waals surface area contributed by atoms with Gasteiger partial charge >= 0.3 is 0 Å². The summed E-state index contributed by atoms with van der Waals surface area (Å²) in [5.74, 6) is -0.310. The Kier molecular flexibility index (Phi) is 6.82. The minimum atomic E-state index is -3.45. The van der Waals surface area contributed by atoms with Crippen molar-refractivity contribution in [3.63, 3.8) is 0 Å². The number of nitrogens with zero attached hydrogens (tertiary/aromatic N) is 2. The van der Waals surface area contributed by atoms with E-state index in [0.29, 0.717) is 19.4 Å². The maximum absolute atomic E-state index is 12.3. The van der Waals surface area contributed by atoms with Gasteiger partial charge in [0.25, 0.3) is 0 Å². The maximum Gasteiger partial charge on any atom is 0.237 e. The van der Waals surface area contributed by atoms with Crippen LogP contribution in [0.25, 0.3) is 0 Å². The summed E-state index contributed by atoms with van der Waals surface area (Å²) in [4.78, 5) is 13.6. The van der Waals surface area contributed by atoms with Crippen LogP contribution in [0.15, 0.2) is 0 Å². The van der Waals surface area contributed by atoms with E-state index in [2.05, 4.69) is 0 Å². The minimum absolute atomic E-state index is 0.0377. The van der Waals surface area contributed by atoms with Crippen LogP contribution in [0.2, 0.25) is 0 Å². The Balaban J connectivity index is 2.66. The summed E-state index contributed by atoms with van der Waals surface area (Å²) in [5, 5.41) is 0. The molecule has 0 aromatic carbocycles. The Hall–Kier alpha value is -0.670. The Morgan fingerprint density at radius 3 is 2.36 bits per heavy atom. The Bertz CT molecular complexity index is 586. The number of carbonyl (C=O) groups excluding carboxylic acids is 1. The monoisotopic (exact) mass is 354 g/mol. The van der Waals surface area contributed by atoms with Gasteiger partial charge in [-0.3, -0.25) is 4.79 Å². The highest BCUT2D eigenvalue weighted by Gasteiger charge is 2.33. The topological polar surface area (TPSA) is 91.8 Å². The molecule has 0 saturated carbocycles. The summed E-state index contributed by atoms with van der Waals surface area (Å²) in [6.45, 7) is 2.11. The SMILES string of the molecule is CCCCCN(CC(=O)N(C)C1CCS(=O)(=O)C1)S(C)(=O)=O. The molecule has 0 bridgehead atoms. The number of sulfone groups is 1. The van der Waals surface area contributed by atoms with Gasteiger partial charge in [-0.25, -0.2) is 16.8 Å². The van der Waals surface area contributed by atoms with Crippen LogP contribution in [0.1, 0.15) is 32.6 Å². The second-order valence-electron chi connectivity index (χ2n) is 5.87. The third-order valence-electron chi connectivity index (χ3n) is 3.94. The molecule has 1 aliphatic rings. The van der Waals surface area contributed by atoms with Gasteiger partial charge in [-0.15, -0.1) is 0 Å². The molecular weight excluding hydrogens is 328 g/mol. The van der Waals surface area contributed by atoms with Gasteiger partial charge in [0.2, 0.25) is 15.9 Å². The second-order valence-corrected chi connectivity index (χ2v) is 10.1. The lowest BCUT2D eigenvalue weighted by Crippen LogP contribution is -2.45. The maximum atomic E-state index is 12.3. The van der Waals surface area contributed by atoms with Crippen molar-refractivity contribution in [3.8, 4) is 0 Å². The van der Waals surface area contributed by atoms with Crippen LogP contribution in [0, 0.1) is 0 Å². The lowest BCUT2D eigenvalue weighted by molar-refractivity contribution is -0.131. The Labute approximate surface area is 133 Å². The fourth-order valence-corrected chi connectivity index (χ4v) is 5.03. The van der Waals surface area contributed by atoms with Crippen LogP contribution >= 0.6 is 0 Å². The molecule has 1 fully saturated rings. The van der Waals surface area contributed by atoms with Gasteiger partial charge in [-0.05, 0) is 12.8 Å². The number of carbonyl (C=O) groups is 1. The van der Waals surface area contributed by atoms with Crippen LogP contribution < -0.4 is 0 Å². The number of unbranched alkanes of at least 4 members (excludes halogenated alkanes) is 2. The highest BCUT2D eigenvalue weighted by molar-refractivity contribution is 7.91.